The number of carbonyl (C=O) groups is 1. The van der Waals surface area contributed by atoms with Crippen molar-refractivity contribution in [3.05, 3.63) is 36.5 Å². The first-order chi connectivity index (χ1) is 36.8. The molecular weight excluding hydrogens is 935 g/mol. The van der Waals surface area contributed by atoms with E-state index in [1.54, 1.807) is 6.08 Å². The summed E-state index contributed by atoms with van der Waals surface area (Å²) in [5.74, 6) is -0.177. The van der Waals surface area contributed by atoms with Crippen molar-refractivity contribution in [3.8, 4) is 0 Å². The van der Waals surface area contributed by atoms with Gasteiger partial charge in [-0.2, -0.15) is 0 Å². The highest BCUT2D eigenvalue weighted by Gasteiger charge is 2.44. The fourth-order valence-electron chi connectivity index (χ4n) is 10.5. The van der Waals surface area contributed by atoms with Crippen molar-refractivity contribution in [2.45, 2.75) is 365 Å². The average molecular weight is 1060 g/mol. The topological polar surface area (TPSA) is 149 Å². The minimum Gasteiger partial charge on any atom is -0.394 e. The summed E-state index contributed by atoms with van der Waals surface area (Å²) in [5.41, 5.74) is 0. The zero-order valence-electron chi connectivity index (χ0n) is 49.3. The van der Waals surface area contributed by atoms with Crippen LogP contribution in [0.5, 0.6) is 0 Å². The number of carbonyl (C=O) groups excluding carboxylic acids is 1. The molecule has 1 aliphatic heterocycles. The van der Waals surface area contributed by atoms with E-state index in [1.807, 2.05) is 6.08 Å². The number of aliphatic hydroxyl groups is 5. The van der Waals surface area contributed by atoms with Crippen LogP contribution in [0.3, 0.4) is 0 Å². The molecule has 9 heteroatoms. The largest absolute Gasteiger partial charge is 0.394 e. The van der Waals surface area contributed by atoms with Crippen LogP contribution in [0.2, 0.25) is 0 Å². The van der Waals surface area contributed by atoms with Crippen LogP contribution in [0.25, 0.3) is 0 Å². The molecule has 0 radical (unpaired) electrons. The first-order valence-electron chi connectivity index (χ1n) is 32.7. The molecule has 75 heavy (non-hydrogen) atoms. The molecule has 442 valence electrons. The van der Waals surface area contributed by atoms with Crippen LogP contribution in [0.15, 0.2) is 36.5 Å². The van der Waals surface area contributed by atoms with E-state index in [0.717, 1.165) is 44.9 Å². The molecule has 6 N–H and O–H groups in total. The van der Waals surface area contributed by atoms with Crippen molar-refractivity contribution >= 4 is 5.91 Å². The lowest BCUT2D eigenvalue weighted by Crippen LogP contribution is -2.60. The summed E-state index contributed by atoms with van der Waals surface area (Å²) in [6.45, 7) is 3.81. The van der Waals surface area contributed by atoms with Gasteiger partial charge in [0, 0.05) is 6.42 Å². The Balaban J connectivity index is 2.15. The molecule has 7 atom stereocenters. The molecule has 0 aromatic carbocycles. The zero-order valence-corrected chi connectivity index (χ0v) is 49.3. The SMILES string of the molecule is CCCCCCC/C=C\C/C=C\CCCCCCCCCCCC(=O)NC(COC1OC(CO)C(O)C(O)C1O)C(O)/C=C/CCCCCCCCCCCCCCCCCCCCCCCCCCCCCCC. The van der Waals surface area contributed by atoms with Crippen LogP contribution in [-0.2, 0) is 14.3 Å². The molecule has 9 nitrogen and oxygen atoms in total. The number of hydrogen-bond donors (Lipinski definition) is 6. The maximum Gasteiger partial charge on any atom is 0.220 e. The van der Waals surface area contributed by atoms with Gasteiger partial charge in [-0.05, 0) is 51.4 Å². The van der Waals surface area contributed by atoms with Gasteiger partial charge < -0.3 is 40.3 Å². The summed E-state index contributed by atoms with van der Waals surface area (Å²) < 4.78 is 11.3. The summed E-state index contributed by atoms with van der Waals surface area (Å²) in [6, 6.07) is -0.808. The van der Waals surface area contributed by atoms with Crippen molar-refractivity contribution < 1.29 is 39.8 Å². The van der Waals surface area contributed by atoms with Crippen LogP contribution in [0.1, 0.15) is 322 Å². The van der Waals surface area contributed by atoms with Crippen LogP contribution < -0.4 is 5.32 Å². The van der Waals surface area contributed by atoms with E-state index in [2.05, 4.69) is 43.5 Å². The normalized spacial score (nSPS) is 19.1. The number of ether oxygens (including phenoxy) is 2. The van der Waals surface area contributed by atoms with Gasteiger partial charge in [-0.25, -0.2) is 0 Å². The molecule has 1 saturated heterocycles. The van der Waals surface area contributed by atoms with Crippen LogP contribution in [-0.4, -0.2) is 87.5 Å². The number of nitrogens with one attached hydrogen (secondary N) is 1. The van der Waals surface area contributed by atoms with E-state index in [9.17, 15) is 30.3 Å². The van der Waals surface area contributed by atoms with Crippen molar-refractivity contribution in [1.29, 1.82) is 0 Å². The first-order valence-corrected chi connectivity index (χ1v) is 32.7. The molecule has 0 aliphatic carbocycles. The number of amides is 1. The maximum absolute atomic E-state index is 13.1. The Morgan fingerprint density at radius 3 is 1.15 bits per heavy atom. The number of allylic oxidation sites excluding steroid dienone is 5. The van der Waals surface area contributed by atoms with Gasteiger partial charge in [0.15, 0.2) is 6.29 Å². The second kappa shape index (κ2) is 55.7. The molecule has 0 spiro atoms. The summed E-state index contributed by atoms with van der Waals surface area (Å²) in [6.07, 6.45) is 66.6. The van der Waals surface area contributed by atoms with Crippen LogP contribution >= 0.6 is 0 Å². The standard InChI is InChI=1S/C66H125NO8/c1-3-5-7-9-11-13-15-17-19-21-23-25-26-27-28-29-30-31-32-33-34-36-37-39-41-43-45-47-49-51-53-55-60(69)59(58-74-66-65(73)64(72)63(71)61(57-68)75-66)67-62(70)56-54-52-50-48-46-44-42-40-38-35-24-22-20-18-16-14-12-10-8-6-4-2/h16,18,22,24,53,55,59-61,63-66,68-69,71-73H,3-15,17,19-21,23,25-52,54,56-58H2,1-2H3,(H,67,70)/b18-16-,24-22-,55-53+. The van der Waals surface area contributed by atoms with Gasteiger partial charge >= 0.3 is 0 Å². The lowest BCUT2D eigenvalue weighted by Gasteiger charge is -2.40. The van der Waals surface area contributed by atoms with Gasteiger partial charge in [-0.15, -0.1) is 0 Å². The zero-order chi connectivity index (χ0) is 54.3. The fourth-order valence-corrected chi connectivity index (χ4v) is 10.5. The Morgan fingerprint density at radius 1 is 0.453 bits per heavy atom. The highest BCUT2D eigenvalue weighted by molar-refractivity contribution is 5.76. The fraction of sp³-hybridized carbons (Fsp3) is 0.894. The summed E-state index contributed by atoms with van der Waals surface area (Å²) >= 11 is 0. The molecule has 0 aromatic heterocycles. The van der Waals surface area contributed by atoms with Gasteiger partial charge in [-0.1, -0.05) is 301 Å². The molecule has 1 rings (SSSR count). The molecule has 0 saturated carbocycles. The second-order valence-corrected chi connectivity index (χ2v) is 22.9. The van der Waals surface area contributed by atoms with E-state index < -0.39 is 49.5 Å². The number of rotatable bonds is 57. The quantitative estimate of drug-likeness (QED) is 0.0261. The van der Waals surface area contributed by atoms with Gasteiger partial charge in [0.2, 0.25) is 5.91 Å². The van der Waals surface area contributed by atoms with Crippen molar-refractivity contribution in [3.63, 3.8) is 0 Å². The molecule has 1 heterocycles. The minimum absolute atomic E-state index is 0.177. The predicted molar refractivity (Wildman–Crippen MR) is 318 cm³/mol. The lowest BCUT2D eigenvalue weighted by molar-refractivity contribution is -0.302. The Labute approximate surface area is 463 Å². The van der Waals surface area contributed by atoms with E-state index in [-0.39, 0.29) is 12.5 Å². The number of aliphatic hydroxyl groups excluding tert-OH is 5. The third-order valence-electron chi connectivity index (χ3n) is 15.7. The van der Waals surface area contributed by atoms with Crippen LogP contribution in [0, 0.1) is 0 Å². The second-order valence-electron chi connectivity index (χ2n) is 22.9. The van der Waals surface area contributed by atoms with Gasteiger partial charge in [-0.3, -0.25) is 4.79 Å². The third kappa shape index (κ3) is 44.9. The smallest absolute Gasteiger partial charge is 0.220 e. The van der Waals surface area contributed by atoms with Crippen molar-refractivity contribution in [2.75, 3.05) is 13.2 Å². The summed E-state index contributed by atoms with van der Waals surface area (Å²) in [7, 11) is 0. The Bertz CT molecular complexity index is 1270. The van der Waals surface area contributed by atoms with Gasteiger partial charge in [0.25, 0.3) is 0 Å². The molecule has 7 unspecified atom stereocenters. The predicted octanol–water partition coefficient (Wildman–Crippen LogP) is 17.1. The Morgan fingerprint density at radius 2 is 0.787 bits per heavy atom. The average Bonchev–Trinajstić information content (AvgIpc) is 3.41. The molecule has 0 bridgehead atoms. The monoisotopic (exact) mass is 1060 g/mol. The number of hydrogen-bond acceptors (Lipinski definition) is 8. The van der Waals surface area contributed by atoms with Gasteiger partial charge in [0.1, 0.15) is 24.4 Å². The van der Waals surface area contributed by atoms with Gasteiger partial charge in [0.05, 0.1) is 25.4 Å². The van der Waals surface area contributed by atoms with E-state index in [0.29, 0.717) is 6.42 Å². The maximum atomic E-state index is 13.1. The highest BCUT2D eigenvalue weighted by Crippen LogP contribution is 2.23. The highest BCUT2D eigenvalue weighted by atomic mass is 16.7. The van der Waals surface area contributed by atoms with Crippen molar-refractivity contribution in [1.82, 2.24) is 5.32 Å². The third-order valence-corrected chi connectivity index (χ3v) is 15.7. The molecule has 1 aliphatic rings. The summed E-state index contributed by atoms with van der Waals surface area (Å²) in [4.78, 5) is 13.1. The number of unbranched alkanes of at least 4 members (excludes halogenated alkanes) is 43. The Kier molecular flexibility index (Phi) is 53.1. The lowest BCUT2D eigenvalue weighted by atomic mass is 9.99. The van der Waals surface area contributed by atoms with Crippen LogP contribution in [0.4, 0.5) is 0 Å². The first kappa shape index (κ1) is 71.4. The molecular formula is C66H125NO8. The molecule has 0 aromatic rings. The van der Waals surface area contributed by atoms with E-state index in [1.165, 1.54) is 257 Å². The van der Waals surface area contributed by atoms with Crippen molar-refractivity contribution in [2.24, 2.45) is 0 Å². The van der Waals surface area contributed by atoms with E-state index in [4.69, 9.17) is 9.47 Å². The molecule has 1 fully saturated rings. The Hall–Kier alpha value is -1.59. The van der Waals surface area contributed by atoms with E-state index >= 15 is 0 Å². The molecule has 1 amide bonds. The minimum atomic E-state index is -1.57. The summed E-state index contributed by atoms with van der Waals surface area (Å²) in [5, 5.41) is 54.7.